The molecule has 0 saturated carbocycles. The molecule has 0 fully saturated rings. The van der Waals surface area contributed by atoms with Crippen LogP contribution in [0.3, 0.4) is 0 Å². The highest BCUT2D eigenvalue weighted by Crippen LogP contribution is 2.34. The van der Waals surface area contributed by atoms with Crippen LogP contribution < -0.4 is 11.1 Å². The monoisotopic (exact) mass is 408 g/mol. The van der Waals surface area contributed by atoms with Gasteiger partial charge in [-0.1, -0.05) is 0 Å². The van der Waals surface area contributed by atoms with E-state index in [1.54, 1.807) is 0 Å². The summed E-state index contributed by atoms with van der Waals surface area (Å²) in [5.74, 6) is -15.5. The number of halogens is 5. The molecule has 2 aromatic rings. The number of esters is 1. The molecule has 0 aliphatic rings. The molecule has 2 rings (SSSR count). The Bertz CT molecular complexity index is 960. The number of carbonyl (C=O) groups is 3. The summed E-state index contributed by atoms with van der Waals surface area (Å²) in [6.07, 6.45) is 0. The highest BCUT2D eigenvalue weighted by atomic mass is 32.1. The lowest BCUT2D eigenvalue weighted by atomic mass is 10.1. The normalized spacial score (nSPS) is 10.6. The predicted octanol–water partition coefficient (Wildman–Crippen LogP) is 2.89. The van der Waals surface area contributed by atoms with Crippen molar-refractivity contribution in [1.29, 1.82) is 0 Å². The van der Waals surface area contributed by atoms with Crippen molar-refractivity contribution in [3.63, 3.8) is 0 Å². The van der Waals surface area contributed by atoms with Crippen molar-refractivity contribution in [1.82, 2.24) is 0 Å². The number of ether oxygens (including phenoxy) is 1. The largest absolute Gasteiger partial charge is 0.465 e. The molecule has 0 bridgehead atoms. The zero-order valence-corrected chi connectivity index (χ0v) is 14.3. The summed E-state index contributed by atoms with van der Waals surface area (Å²) in [4.78, 5) is 35.2. The summed E-state index contributed by atoms with van der Waals surface area (Å²) < 4.78 is 71.6. The third-order valence-electron chi connectivity index (χ3n) is 3.42. The van der Waals surface area contributed by atoms with E-state index in [1.165, 1.54) is 6.92 Å². The summed E-state index contributed by atoms with van der Waals surface area (Å²) in [6, 6.07) is 0. The lowest BCUT2D eigenvalue weighted by Crippen LogP contribution is -2.20. The van der Waals surface area contributed by atoms with E-state index in [1.807, 2.05) is 5.32 Å². The first-order chi connectivity index (χ1) is 12.5. The summed E-state index contributed by atoms with van der Waals surface area (Å²) >= 11 is 0.470. The first-order valence-electron chi connectivity index (χ1n) is 6.87. The van der Waals surface area contributed by atoms with E-state index in [4.69, 9.17) is 5.73 Å². The van der Waals surface area contributed by atoms with Gasteiger partial charge in [-0.25, -0.2) is 26.7 Å². The van der Waals surface area contributed by atoms with Crippen molar-refractivity contribution in [2.24, 2.45) is 5.73 Å². The molecule has 144 valence electrons. The topological polar surface area (TPSA) is 98.5 Å². The Labute approximate surface area is 151 Å². The third-order valence-corrected chi connectivity index (χ3v) is 4.65. The van der Waals surface area contributed by atoms with Crippen LogP contribution >= 0.6 is 11.3 Å². The number of anilines is 1. The second-order valence-electron chi connectivity index (χ2n) is 5.02. The van der Waals surface area contributed by atoms with E-state index in [0.29, 0.717) is 11.3 Å². The van der Waals surface area contributed by atoms with E-state index in [0.717, 1.165) is 7.11 Å². The molecule has 0 atom stereocenters. The first kappa shape index (κ1) is 20.3. The van der Waals surface area contributed by atoms with Crippen LogP contribution in [-0.2, 0) is 4.74 Å². The molecule has 0 aliphatic heterocycles. The Balaban J connectivity index is 2.59. The number of hydrogen-bond acceptors (Lipinski definition) is 5. The van der Waals surface area contributed by atoms with E-state index in [2.05, 4.69) is 4.74 Å². The number of carbonyl (C=O) groups excluding carboxylic acids is 3. The number of methoxy groups -OCH3 is 1. The molecule has 6 nitrogen and oxygen atoms in total. The molecule has 0 spiro atoms. The number of benzene rings is 1. The van der Waals surface area contributed by atoms with Crippen molar-refractivity contribution in [2.75, 3.05) is 12.4 Å². The van der Waals surface area contributed by atoms with Crippen LogP contribution in [0.5, 0.6) is 0 Å². The molecule has 1 aromatic heterocycles. The highest BCUT2D eigenvalue weighted by Gasteiger charge is 2.32. The van der Waals surface area contributed by atoms with Gasteiger partial charge in [-0.3, -0.25) is 9.59 Å². The smallest absolute Gasteiger partial charge is 0.341 e. The fourth-order valence-electron chi connectivity index (χ4n) is 2.15. The molecular weight excluding hydrogens is 399 g/mol. The zero-order chi connectivity index (χ0) is 20.6. The van der Waals surface area contributed by atoms with Crippen molar-refractivity contribution in [2.45, 2.75) is 6.92 Å². The lowest BCUT2D eigenvalue weighted by molar-refractivity contribution is 0.0601. The van der Waals surface area contributed by atoms with Gasteiger partial charge in [-0.15, -0.1) is 11.3 Å². The average Bonchev–Trinajstić information content (AvgIpc) is 2.94. The van der Waals surface area contributed by atoms with Crippen LogP contribution in [0.25, 0.3) is 0 Å². The van der Waals surface area contributed by atoms with E-state index < -0.39 is 57.4 Å². The number of thiophene rings is 1. The first-order valence-corrected chi connectivity index (χ1v) is 7.68. The van der Waals surface area contributed by atoms with Crippen molar-refractivity contribution in [3.05, 3.63) is 50.7 Å². The molecule has 27 heavy (non-hydrogen) atoms. The van der Waals surface area contributed by atoms with Gasteiger partial charge < -0.3 is 15.8 Å². The second-order valence-corrected chi connectivity index (χ2v) is 6.04. The van der Waals surface area contributed by atoms with Crippen LogP contribution in [0.1, 0.15) is 36.0 Å². The Hall–Kier alpha value is -3.02. The summed E-state index contributed by atoms with van der Waals surface area (Å²) in [6.45, 7) is 1.29. The van der Waals surface area contributed by atoms with E-state index in [9.17, 15) is 36.3 Å². The van der Waals surface area contributed by atoms with Crippen molar-refractivity contribution in [3.8, 4) is 0 Å². The van der Waals surface area contributed by atoms with E-state index in [-0.39, 0.29) is 16.0 Å². The molecule has 0 radical (unpaired) electrons. The number of rotatable bonds is 4. The molecule has 1 aromatic carbocycles. The van der Waals surface area contributed by atoms with Crippen LogP contribution in [0.15, 0.2) is 0 Å². The lowest BCUT2D eigenvalue weighted by Gasteiger charge is -2.09. The van der Waals surface area contributed by atoms with Gasteiger partial charge >= 0.3 is 5.97 Å². The maximum atomic E-state index is 13.7. The number of nitrogens with one attached hydrogen (secondary N) is 1. The maximum Gasteiger partial charge on any atom is 0.341 e. The second kappa shape index (κ2) is 7.31. The Morgan fingerprint density at radius 3 is 1.85 bits per heavy atom. The molecule has 0 aliphatic carbocycles. The molecule has 0 unspecified atom stereocenters. The van der Waals surface area contributed by atoms with Gasteiger partial charge in [0.1, 0.15) is 10.6 Å². The van der Waals surface area contributed by atoms with Gasteiger partial charge in [0, 0.05) is 0 Å². The maximum absolute atomic E-state index is 13.7. The Kier molecular flexibility index (Phi) is 5.49. The standard InChI is InChI=1S/C15H9F5N2O4S/c1-3-4(15(25)26-2)14(27-11(3)12(21)23)22-13(24)5-6(16)8(18)10(20)9(19)7(5)17/h1-2H3,(H2,21,23)(H,22,24). The summed E-state index contributed by atoms with van der Waals surface area (Å²) in [5, 5.41) is 1.43. The summed E-state index contributed by atoms with van der Waals surface area (Å²) in [7, 11) is 0.985. The third kappa shape index (κ3) is 3.35. The Morgan fingerprint density at radius 2 is 1.41 bits per heavy atom. The van der Waals surface area contributed by atoms with Crippen molar-refractivity contribution >= 4 is 34.1 Å². The molecule has 0 saturated heterocycles. The van der Waals surface area contributed by atoms with Gasteiger partial charge in [0.25, 0.3) is 11.8 Å². The number of amides is 2. The van der Waals surface area contributed by atoms with Crippen LogP contribution in [-0.4, -0.2) is 24.9 Å². The number of hydrogen-bond donors (Lipinski definition) is 2. The average molecular weight is 408 g/mol. The Morgan fingerprint density at radius 1 is 0.926 bits per heavy atom. The molecule has 12 heteroatoms. The predicted molar refractivity (Wildman–Crippen MR) is 83.1 cm³/mol. The SMILES string of the molecule is COC(=O)c1c(NC(=O)c2c(F)c(F)c(F)c(F)c2F)sc(C(N)=O)c1C. The molecule has 2 amide bonds. The number of nitrogens with two attached hydrogens (primary N) is 1. The quantitative estimate of drug-likeness (QED) is 0.352. The number of primary amides is 1. The minimum absolute atomic E-state index is 0.00654. The van der Waals surface area contributed by atoms with Crippen LogP contribution in [0, 0.1) is 36.0 Å². The van der Waals surface area contributed by atoms with Gasteiger partial charge in [-0.2, -0.15) is 0 Å². The summed E-state index contributed by atoms with van der Waals surface area (Å²) in [5.41, 5.74) is 3.03. The van der Waals surface area contributed by atoms with Gasteiger partial charge in [0.15, 0.2) is 23.3 Å². The van der Waals surface area contributed by atoms with Gasteiger partial charge in [0.05, 0.1) is 17.6 Å². The minimum atomic E-state index is -2.43. The van der Waals surface area contributed by atoms with E-state index >= 15 is 0 Å². The van der Waals surface area contributed by atoms with Gasteiger partial charge in [0.2, 0.25) is 5.82 Å². The van der Waals surface area contributed by atoms with Crippen LogP contribution in [0.2, 0.25) is 0 Å². The zero-order valence-electron chi connectivity index (χ0n) is 13.5. The minimum Gasteiger partial charge on any atom is -0.465 e. The van der Waals surface area contributed by atoms with Crippen molar-refractivity contribution < 1.29 is 41.1 Å². The van der Waals surface area contributed by atoms with Gasteiger partial charge in [-0.05, 0) is 12.5 Å². The molecular formula is C15H9F5N2O4S. The molecule has 3 N–H and O–H groups in total. The highest BCUT2D eigenvalue weighted by molar-refractivity contribution is 7.18. The fraction of sp³-hybridized carbons (Fsp3) is 0.133. The van der Waals surface area contributed by atoms with Crippen LogP contribution in [0.4, 0.5) is 27.0 Å². The molecule has 1 heterocycles. The fourth-order valence-corrected chi connectivity index (χ4v) is 3.20.